The number of hydrogen-bond donors (Lipinski definition) is 0. The van der Waals surface area contributed by atoms with Gasteiger partial charge in [-0.3, -0.25) is 9.10 Å². The Kier molecular flexibility index (Phi) is 5.35. The zero-order valence-electron chi connectivity index (χ0n) is 18.9. The SMILES string of the molecule is CC1CCN(C(=O)CN(c2ccc(C34CC5CC(CC(C5)C3)C4)cc2)S(C)(=O)=O)CC1. The molecule has 6 heteroatoms. The van der Waals surface area contributed by atoms with Crippen LogP contribution in [0.1, 0.15) is 63.9 Å². The third-order valence-corrected chi connectivity index (χ3v) is 9.76. The van der Waals surface area contributed by atoms with Crippen molar-refractivity contribution in [1.82, 2.24) is 4.90 Å². The highest BCUT2D eigenvalue weighted by Crippen LogP contribution is 2.60. The third-order valence-electron chi connectivity index (χ3n) is 8.62. The number of sulfonamides is 1. The summed E-state index contributed by atoms with van der Waals surface area (Å²) in [7, 11) is -3.53. The van der Waals surface area contributed by atoms with Crippen molar-refractivity contribution < 1.29 is 13.2 Å². The molecule has 4 saturated carbocycles. The molecule has 0 radical (unpaired) electrons. The van der Waals surface area contributed by atoms with E-state index in [4.69, 9.17) is 0 Å². The summed E-state index contributed by atoms with van der Waals surface area (Å²) in [6.45, 7) is 3.55. The highest BCUT2D eigenvalue weighted by atomic mass is 32.2. The average Bonchev–Trinajstić information content (AvgIpc) is 2.71. The Morgan fingerprint density at radius 3 is 2.00 bits per heavy atom. The second-order valence-corrected chi connectivity index (χ2v) is 13.0. The fourth-order valence-electron chi connectivity index (χ4n) is 7.33. The first-order valence-corrected chi connectivity index (χ1v) is 13.9. The number of carbonyl (C=O) groups excluding carboxylic acids is 1. The number of carbonyl (C=O) groups is 1. The zero-order chi connectivity index (χ0) is 21.8. The van der Waals surface area contributed by atoms with E-state index in [1.807, 2.05) is 17.0 Å². The van der Waals surface area contributed by atoms with E-state index in [0.29, 0.717) is 17.0 Å². The number of hydrogen-bond acceptors (Lipinski definition) is 3. The summed E-state index contributed by atoms with van der Waals surface area (Å²) < 4.78 is 26.4. The molecule has 1 aliphatic heterocycles. The summed E-state index contributed by atoms with van der Waals surface area (Å²) in [6, 6.07) is 8.16. The predicted molar refractivity (Wildman–Crippen MR) is 123 cm³/mol. The van der Waals surface area contributed by atoms with E-state index in [1.165, 1.54) is 54.6 Å². The molecule has 4 bridgehead atoms. The standard InChI is InChI=1S/C25H36N2O3S/c1-18-7-9-26(10-8-18)24(28)17-27(31(2,29)30)23-5-3-22(4-6-23)25-14-19-11-20(15-25)13-21(12-19)16-25/h3-6,18-21H,7-17H2,1-2H3. The van der Waals surface area contributed by atoms with Gasteiger partial charge in [0.15, 0.2) is 0 Å². The zero-order valence-corrected chi connectivity index (χ0v) is 19.7. The molecule has 0 atom stereocenters. The van der Waals surface area contributed by atoms with Gasteiger partial charge in [0, 0.05) is 13.1 Å². The molecule has 0 unspecified atom stereocenters. The van der Waals surface area contributed by atoms with Crippen LogP contribution in [-0.2, 0) is 20.2 Å². The maximum atomic E-state index is 12.9. The van der Waals surface area contributed by atoms with Gasteiger partial charge in [-0.1, -0.05) is 19.1 Å². The fourth-order valence-corrected chi connectivity index (χ4v) is 8.18. The molecule has 1 heterocycles. The molecule has 31 heavy (non-hydrogen) atoms. The van der Waals surface area contributed by atoms with Gasteiger partial charge >= 0.3 is 0 Å². The van der Waals surface area contributed by atoms with Crippen molar-refractivity contribution in [3.05, 3.63) is 29.8 Å². The lowest BCUT2D eigenvalue weighted by atomic mass is 9.48. The molecular weight excluding hydrogens is 408 g/mol. The lowest BCUT2D eigenvalue weighted by Gasteiger charge is -2.57. The molecule has 1 amide bonds. The van der Waals surface area contributed by atoms with E-state index < -0.39 is 10.0 Å². The number of piperidine rings is 1. The number of anilines is 1. The van der Waals surface area contributed by atoms with Crippen LogP contribution in [0.5, 0.6) is 0 Å². The molecule has 5 aliphatic rings. The lowest BCUT2D eigenvalue weighted by molar-refractivity contribution is -0.130. The summed E-state index contributed by atoms with van der Waals surface area (Å²) in [5, 5.41) is 0. The number of rotatable bonds is 5. The van der Waals surface area contributed by atoms with Crippen LogP contribution < -0.4 is 4.31 Å². The predicted octanol–water partition coefficient (Wildman–Crippen LogP) is 4.18. The van der Waals surface area contributed by atoms with Gasteiger partial charge in [0.2, 0.25) is 15.9 Å². The summed E-state index contributed by atoms with van der Waals surface area (Å²) in [5.41, 5.74) is 2.28. The molecule has 0 N–H and O–H groups in total. The Morgan fingerprint density at radius 1 is 1.00 bits per heavy atom. The van der Waals surface area contributed by atoms with Crippen LogP contribution in [-0.4, -0.2) is 45.1 Å². The van der Waals surface area contributed by atoms with Crippen molar-refractivity contribution in [2.75, 3.05) is 30.2 Å². The van der Waals surface area contributed by atoms with E-state index in [-0.39, 0.29) is 12.5 Å². The Balaban J connectivity index is 1.34. The molecular formula is C25H36N2O3S. The maximum Gasteiger partial charge on any atom is 0.243 e. The second kappa shape index (κ2) is 7.79. The third kappa shape index (κ3) is 4.12. The second-order valence-electron chi connectivity index (χ2n) is 11.1. The molecule has 4 aliphatic carbocycles. The van der Waals surface area contributed by atoms with Crippen LogP contribution in [0, 0.1) is 23.7 Å². The van der Waals surface area contributed by atoms with Gasteiger partial charge < -0.3 is 4.90 Å². The van der Waals surface area contributed by atoms with Crippen molar-refractivity contribution in [1.29, 1.82) is 0 Å². The molecule has 5 nitrogen and oxygen atoms in total. The lowest BCUT2D eigenvalue weighted by Crippen LogP contribution is -2.48. The topological polar surface area (TPSA) is 57.7 Å². The number of amides is 1. The van der Waals surface area contributed by atoms with Crippen LogP contribution in [0.2, 0.25) is 0 Å². The Labute approximate surface area is 187 Å². The Hall–Kier alpha value is -1.56. The molecule has 0 aromatic heterocycles. The quantitative estimate of drug-likeness (QED) is 0.685. The van der Waals surface area contributed by atoms with Crippen molar-refractivity contribution in [3.63, 3.8) is 0 Å². The van der Waals surface area contributed by atoms with Gasteiger partial charge in [-0.25, -0.2) is 8.42 Å². The van der Waals surface area contributed by atoms with Gasteiger partial charge in [0.1, 0.15) is 6.54 Å². The molecule has 1 aromatic carbocycles. The minimum atomic E-state index is -3.53. The van der Waals surface area contributed by atoms with Crippen LogP contribution in [0.25, 0.3) is 0 Å². The highest BCUT2D eigenvalue weighted by Gasteiger charge is 2.51. The van der Waals surface area contributed by atoms with E-state index in [9.17, 15) is 13.2 Å². The monoisotopic (exact) mass is 444 g/mol. The van der Waals surface area contributed by atoms with E-state index in [2.05, 4.69) is 19.1 Å². The maximum absolute atomic E-state index is 12.9. The van der Waals surface area contributed by atoms with Gasteiger partial charge in [-0.15, -0.1) is 0 Å². The van der Waals surface area contributed by atoms with E-state index >= 15 is 0 Å². The number of nitrogens with zero attached hydrogens (tertiary/aromatic N) is 2. The summed E-state index contributed by atoms with van der Waals surface area (Å²) in [6.07, 6.45) is 11.3. The summed E-state index contributed by atoms with van der Waals surface area (Å²) in [5.74, 6) is 3.17. The smallest absolute Gasteiger partial charge is 0.243 e. The molecule has 0 spiro atoms. The first-order chi connectivity index (χ1) is 14.7. The van der Waals surface area contributed by atoms with E-state index in [1.54, 1.807) is 0 Å². The summed E-state index contributed by atoms with van der Waals surface area (Å²) in [4.78, 5) is 14.7. The van der Waals surface area contributed by atoms with Crippen molar-refractivity contribution in [2.24, 2.45) is 23.7 Å². The minimum Gasteiger partial charge on any atom is -0.341 e. The van der Waals surface area contributed by atoms with Crippen LogP contribution >= 0.6 is 0 Å². The van der Waals surface area contributed by atoms with Gasteiger partial charge in [-0.05, 0) is 98.1 Å². The van der Waals surface area contributed by atoms with E-state index in [0.717, 1.165) is 43.7 Å². The van der Waals surface area contributed by atoms with Crippen LogP contribution in [0.3, 0.4) is 0 Å². The van der Waals surface area contributed by atoms with Crippen molar-refractivity contribution in [3.8, 4) is 0 Å². The number of benzene rings is 1. The van der Waals surface area contributed by atoms with Crippen LogP contribution in [0.15, 0.2) is 24.3 Å². The van der Waals surface area contributed by atoms with Crippen molar-refractivity contribution in [2.45, 2.75) is 63.7 Å². The normalized spacial score (nSPS) is 33.0. The van der Waals surface area contributed by atoms with Crippen LogP contribution in [0.4, 0.5) is 5.69 Å². The van der Waals surface area contributed by atoms with Gasteiger partial charge in [-0.2, -0.15) is 0 Å². The molecule has 170 valence electrons. The highest BCUT2D eigenvalue weighted by molar-refractivity contribution is 7.92. The first kappa shape index (κ1) is 21.3. The average molecular weight is 445 g/mol. The minimum absolute atomic E-state index is 0.0949. The fraction of sp³-hybridized carbons (Fsp3) is 0.720. The molecule has 1 aromatic rings. The summed E-state index contributed by atoms with van der Waals surface area (Å²) >= 11 is 0. The van der Waals surface area contributed by atoms with Gasteiger partial charge in [0.05, 0.1) is 11.9 Å². The molecule has 5 fully saturated rings. The Morgan fingerprint density at radius 2 is 1.52 bits per heavy atom. The molecule has 6 rings (SSSR count). The number of likely N-dealkylation sites (tertiary alicyclic amines) is 1. The van der Waals surface area contributed by atoms with Crippen molar-refractivity contribution >= 4 is 21.6 Å². The Bertz CT molecular complexity index is 897. The first-order valence-electron chi connectivity index (χ1n) is 12.1. The molecule has 1 saturated heterocycles. The largest absolute Gasteiger partial charge is 0.341 e. The van der Waals surface area contributed by atoms with Gasteiger partial charge in [0.25, 0.3) is 0 Å².